The van der Waals surface area contributed by atoms with Gasteiger partial charge >= 0.3 is 0 Å². The Balaban J connectivity index is 2.07. The average Bonchev–Trinajstić information content (AvgIpc) is 2.89. The first-order valence-corrected chi connectivity index (χ1v) is 7.91. The summed E-state index contributed by atoms with van der Waals surface area (Å²) in [5, 5.41) is 1.10. The zero-order chi connectivity index (χ0) is 12.8. The standard InChI is InChI=1S/C13H24N4S/c1-2-12-15-13(18-16-12)17(10-6-9-14)11-7-4-3-5-8-11/h11H,2-10,14H2,1H3. The van der Waals surface area contributed by atoms with E-state index in [0.29, 0.717) is 6.04 Å². The van der Waals surface area contributed by atoms with Gasteiger partial charge in [-0.25, -0.2) is 4.98 Å². The third-order valence-corrected chi connectivity index (χ3v) is 4.43. The van der Waals surface area contributed by atoms with Crippen molar-refractivity contribution in [3.63, 3.8) is 0 Å². The molecule has 0 bridgehead atoms. The Kier molecular flexibility index (Phi) is 5.38. The molecule has 1 saturated carbocycles. The Morgan fingerprint density at radius 2 is 2.11 bits per heavy atom. The van der Waals surface area contributed by atoms with Crippen molar-refractivity contribution < 1.29 is 0 Å². The van der Waals surface area contributed by atoms with Crippen molar-refractivity contribution in [3.8, 4) is 0 Å². The summed E-state index contributed by atoms with van der Waals surface area (Å²) in [6, 6.07) is 0.656. The van der Waals surface area contributed by atoms with Gasteiger partial charge in [0, 0.05) is 30.5 Å². The molecule has 5 heteroatoms. The normalized spacial score (nSPS) is 17.0. The molecule has 1 aromatic rings. The first kappa shape index (κ1) is 13.7. The molecule has 0 aliphatic heterocycles. The van der Waals surface area contributed by atoms with Crippen LogP contribution in [0.5, 0.6) is 0 Å². The maximum absolute atomic E-state index is 5.66. The van der Waals surface area contributed by atoms with Crippen LogP contribution in [-0.4, -0.2) is 28.5 Å². The van der Waals surface area contributed by atoms with Crippen LogP contribution >= 0.6 is 11.5 Å². The van der Waals surface area contributed by atoms with Crippen molar-refractivity contribution in [2.75, 3.05) is 18.0 Å². The lowest BCUT2D eigenvalue weighted by Gasteiger charge is -2.33. The van der Waals surface area contributed by atoms with Crippen molar-refractivity contribution in [3.05, 3.63) is 5.82 Å². The highest BCUT2D eigenvalue weighted by Crippen LogP contribution is 2.28. The van der Waals surface area contributed by atoms with Crippen molar-refractivity contribution in [2.45, 2.75) is 57.9 Å². The van der Waals surface area contributed by atoms with E-state index in [1.807, 2.05) is 0 Å². The molecule has 1 aliphatic carbocycles. The number of anilines is 1. The number of nitrogens with zero attached hydrogens (tertiary/aromatic N) is 3. The van der Waals surface area contributed by atoms with Crippen LogP contribution in [-0.2, 0) is 6.42 Å². The highest BCUT2D eigenvalue weighted by molar-refractivity contribution is 7.09. The van der Waals surface area contributed by atoms with Gasteiger partial charge in [-0.2, -0.15) is 4.37 Å². The molecule has 18 heavy (non-hydrogen) atoms. The van der Waals surface area contributed by atoms with Crippen LogP contribution in [0, 0.1) is 0 Å². The van der Waals surface area contributed by atoms with Gasteiger partial charge in [0.15, 0.2) is 0 Å². The number of aryl methyl sites for hydroxylation is 1. The molecule has 1 aliphatic rings. The third-order valence-electron chi connectivity index (χ3n) is 3.64. The molecule has 1 heterocycles. The van der Waals surface area contributed by atoms with Crippen molar-refractivity contribution in [1.82, 2.24) is 9.36 Å². The molecule has 4 nitrogen and oxygen atoms in total. The van der Waals surface area contributed by atoms with Gasteiger partial charge in [-0.3, -0.25) is 0 Å². The lowest BCUT2D eigenvalue weighted by Crippen LogP contribution is -2.38. The van der Waals surface area contributed by atoms with Crippen LogP contribution in [0.2, 0.25) is 0 Å². The van der Waals surface area contributed by atoms with Gasteiger partial charge in [0.05, 0.1) is 0 Å². The summed E-state index contributed by atoms with van der Waals surface area (Å²) in [7, 11) is 0. The molecule has 102 valence electrons. The maximum atomic E-state index is 5.66. The smallest absolute Gasteiger partial charge is 0.205 e. The van der Waals surface area contributed by atoms with Crippen LogP contribution in [0.1, 0.15) is 51.3 Å². The maximum Gasteiger partial charge on any atom is 0.205 e. The predicted molar refractivity (Wildman–Crippen MR) is 77.2 cm³/mol. The number of nitrogens with two attached hydrogens (primary N) is 1. The second-order valence-corrected chi connectivity index (χ2v) is 5.70. The molecule has 0 saturated heterocycles. The number of rotatable bonds is 6. The Morgan fingerprint density at radius 1 is 1.33 bits per heavy atom. The fourth-order valence-electron chi connectivity index (χ4n) is 2.59. The largest absolute Gasteiger partial charge is 0.344 e. The molecule has 1 aromatic heterocycles. The van der Waals surface area contributed by atoms with E-state index in [9.17, 15) is 0 Å². The molecule has 0 aromatic carbocycles. The summed E-state index contributed by atoms with van der Waals surface area (Å²) in [5.41, 5.74) is 5.66. The van der Waals surface area contributed by atoms with Gasteiger partial charge in [-0.1, -0.05) is 26.2 Å². The lowest BCUT2D eigenvalue weighted by molar-refractivity contribution is 0.412. The van der Waals surface area contributed by atoms with Crippen LogP contribution in [0.3, 0.4) is 0 Å². The predicted octanol–water partition coefficient (Wildman–Crippen LogP) is 2.59. The molecule has 0 amide bonds. The lowest BCUT2D eigenvalue weighted by atomic mass is 9.94. The minimum atomic E-state index is 0.656. The van der Waals surface area contributed by atoms with E-state index in [2.05, 4.69) is 21.2 Å². The zero-order valence-electron chi connectivity index (χ0n) is 11.3. The highest BCUT2D eigenvalue weighted by Gasteiger charge is 2.23. The van der Waals surface area contributed by atoms with E-state index < -0.39 is 0 Å². The second kappa shape index (κ2) is 7.04. The number of hydrogen-bond donors (Lipinski definition) is 1. The Morgan fingerprint density at radius 3 is 2.72 bits per heavy atom. The van der Waals surface area contributed by atoms with Crippen LogP contribution < -0.4 is 10.6 Å². The van der Waals surface area contributed by atoms with Crippen LogP contribution in [0.4, 0.5) is 5.13 Å². The highest BCUT2D eigenvalue weighted by atomic mass is 32.1. The fourth-order valence-corrected chi connectivity index (χ4v) is 3.44. The first-order chi connectivity index (χ1) is 8.85. The SMILES string of the molecule is CCc1nsc(N(CCCN)C2CCCCC2)n1. The topological polar surface area (TPSA) is 55.0 Å². The molecule has 2 rings (SSSR count). The van der Waals surface area contributed by atoms with Crippen molar-refractivity contribution >= 4 is 16.7 Å². The summed E-state index contributed by atoms with van der Waals surface area (Å²) in [4.78, 5) is 7.11. The van der Waals surface area contributed by atoms with E-state index in [0.717, 1.165) is 36.9 Å². The summed E-state index contributed by atoms with van der Waals surface area (Å²) < 4.78 is 4.42. The zero-order valence-corrected chi connectivity index (χ0v) is 12.1. The minimum Gasteiger partial charge on any atom is -0.344 e. The Hall–Kier alpha value is -0.680. The van der Waals surface area contributed by atoms with Gasteiger partial charge in [0.2, 0.25) is 5.13 Å². The summed E-state index contributed by atoms with van der Waals surface area (Å²) in [6.45, 7) is 3.89. The molecule has 0 radical (unpaired) electrons. The van der Waals surface area contributed by atoms with E-state index in [1.165, 1.54) is 32.1 Å². The summed E-state index contributed by atoms with van der Waals surface area (Å²) in [6.07, 6.45) is 8.64. The van der Waals surface area contributed by atoms with Gasteiger partial charge in [-0.05, 0) is 25.8 Å². The monoisotopic (exact) mass is 268 g/mol. The van der Waals surface area contributed by atoms with E-state index in [1.54, 1.807) is 11.5 Å². The fraction of sp³-hybridized carbons (Fsp3) is 0.846. The quantitative estimate of drug-likeness (QED) is 0.861. The molecule has 2 N–H and O–H groups in total. The van der Waals surface area contributed by atoms with E-state index in [4.69, 9.17) is 5.73 Å². The van der Waals surface area contributed by atoms with E-state index in [-0.39, 0.29) is 0 Å². The van der Waals surface area contributed by atoms with Crippen molar-refractivity contribution in [2.24, 2.45) is 5.73 Å². The number of hydrogen-bond acceptors (Lipinski definition) is 5. The molecule has 0 unspecified atom stereocenters. The molecule has 1 fully saturated rings. The number of aromatic nitrogens is 2. The van der Waals surface area contributed by atoms with Crippen LogP contribution in [0.25, 0.3) is 0 Å². The first-order valence-electron chi connectivity index (χ1n) is 7.14. The molecule has 0 spiro atoms. The van der Waals surface area contributed by atoms with E-state index >= 15 is 0 Å². The minimum absolute atomic E-state index is 0.656. The molecular formula is C13H24N4S. The van der Waals surface area contributed by atoms with Crippen LogP contribution in [0.15, 0.2) is 0 Å². The van der Waals surface area contributed by atoms with Gasteiger partial charge < -0.3 is 10.6 Å². The average molecular weight is 268 g/mol. The summed E-state index contributed by atoms with van der Waals surface area (Å²) in [5.74, 6) is 0.976. The van der Waals surface area contributed by atoms with Crippen molar-refractivity contribution in [1.29, 1.82) is 0 Å². The van der Waals surface area contributed by atoms with Gasteiger partial charge in [0.25, 0.3) is 0 Å². The Labute approximate surface area is 114 Å². The second-order valence-electron chi connectivity index (χ2n) is 4.97. The molecule has 0 atom stereocenters. The molecular weight excluding hydrogens is 244 g/mol. The Bertz CT molecular complexity index is 347. The summed E-state index contributed by atoms with van der Waals surface area (Å²) >= 11 is 1.55. The van der Waals surface area contributed by atoms with Gasteiger partial charge in [0.1, 0.15) is 5.82 Å². The van der Waals surface area contributed by atoms with Gasteiger partial charge in [-0.15, -0.1) is 0 Å². The third kappa shape index (κ3) is 3.42.